The Kier molecular flexibility index (Phi) is 36.9. The minimum absolute atomic E-state index is 0.00588. The maximum Gasteiger partial charge on any atom is 0.508 e. The van der Waals surface area contributed by atoms with Crippen molar-refractivity contribution in [2.75, 3.05) is 39.5 Å². The average Bonchev–Trinajstić information content (AvgIpc) is 3.08. The molecule has 284 valence electrons. The van der Waals surface area contributed by atoms with Gasteiger partial charge < -0.3 is 24.2 Å². The SMILES string of the molecule is CCCCC/C=C\CCOC(=O)OCCCCN(CCO)CCCCCCCC(=O)OC(CCCCCCCC)CCCCCCCC. The third-order valence-corrected chi connectivity index (χ3v) is 9.06. The van der Waals surface area contributed by atoms with E-state index >= 15 is 0 Å². The largest absolute Gasteiger partial charge is 0.508 e. The van der Waals surface area contributed by atoms with Crippen molar-refractivity contribution < 1.29 is 28.9 Å². The standard InChI is InChI=1S/C41H79NO6/c1-4-7-10-13-16-22-28-37-46-41(45)47-38-29-27-34-42(35-36-43)33-26-21-17-20-25-32-40(44)48-39(30-23-18-14-11-8-5-2)31-24-19-15-12-9-6-3/h16,22,39,43H,4-15,17-21,23-38H2,1-3H3/b22-16-. The van der Waals surface area contributed by atoms with Gasteiger partial charge in [0.2, 0.25) is 0 Å². The van der Waals surface area contributed by atoms with E-state index in [4.69, 9.17) is 14.2 Å². The van der Waals surface area contributed by atoms with Gasteiger partial charge in [-0.1, -0.05) is 129 Å². The number of hydrogen-bond acceptors (Lipinski definition) is 7. The van der Waals surface area contributed by atoms with E-state index in [1.54, 1.807) is 0 Å². The lowest BCUT2D eigenvalue weighted by molar-refractivity contribution is -0.150. The molecule has 0 heterocycles. The van der Waals surface area contributed by atoms with Crippen LogP contribution in [-0.2, 0) is 19.0 Å². The van der Waals surface area contributed by atoms with Gasteiger partial charge >= 0.3 is 12.1 Å². The molecule has 1 N–H and O–H groups in total. The van der Waals surface area contributed by atoms with Crippen LogP contribution in [0, 0.1) is 0 Å². The quantitative estimate of drug-likeness (QED) is 0.0397. The Hall–Kier alpha value is -1.60. The Balaban J connectivity index is 4.02. The number of aliphatic hydroxyl groups excluding tert-OH is 1. The number of carbonyl (C=O) groups excluding carboxylic acids is 2. The first-order valence-corrected chi connectivity index (χ1v) is 20.5. The Morgan fingerprint density at radius 3 is 1.69 bits per heavy atom. The lowest BCUT2D eigenvalue weighted by Gasteiger charge is -2.21. The highest BCUT2D eigenvalue weighted by atomic mass is 16.7. The summed E-state index contributed by atoms with van der Waals surface area (Å²) in [6.07, 6.45) is 34.1. The van der Waals surface area contributed by atoms with Gasteiger partial charge in [-0.3, -0.25) is 4.79 Å². The lowest BCUT2D eigenvalue weighted by atomic mass is 10.0. The Labute approximate surface area is 297 Å². The van der Waals surface area contributed by atoms with Gasteiger partial charge in [-0.15, -0.1) is 0 Å². The Morgan fingerprint density at radius 2 is 1.06 bits per heavy atom. The minimum atomic E-state index is -0.587. The zero-order valence-electron chi connectivity index (χ0n) is 32.0. The Bertz CT molecular complexity index is 699. The normalized spacial score (nSPS) is 11.6. The predicted octanol–water partition coefficient (Wildman–Crippen LogP) is 11.5. The third-order valence-electron chi connectivity index (χ3n) is 9.06. The summed E-state index contributed by atoms with van der Waals surface area (Å²) in [6, 6.07) is 0. The van der Waals surface area contributed by atoms with Crippen LogP contribution in [0.4, 0.5) is 4.79 Å². The molecule has 0 aliphatic carbocycles. The first-order chi connectivity index (χ1) is 23.6. The zero-order valence-corrected chi connectivity index (χ0v) is 32.0. The van der Waals surface area contributed by atoms with Crippen molar-refractivity contribution in [1.29, 1.82) is 0 Å². The number of unbranched alkanes of at least 4 members (excludes halogenated alkanes) is 18. The van der Waals surface area contributed by atoms with E-state index in [0.717, 1.165) is 83.7 Å². The van der Waals surface area contributed by atoms with Gasteiger partial charge in [0, 0.05) is 13.0 Å². The van der Waals surface area contributed by atoms with Gasteiger partial charge in [-0.2, -0.15) is 0 Å². The highest BCUT2D eigenvalue weighted by Crippen LogP contribution is 2.18. The molecule has 7 nitrogen and oxygen atoms in total. The van der Waals surface area contributed by atoms with Gasteiger partial charge in [-0.25, -0.2) is 4.79 Å². The number of esters is 1. The van der Waals surface area contributed by atoms with Crippen LogP contribution in [0.1, 0.15) is 194 Å². The number of allylic oxidation sites excluding steroid dienone is 1. The summed E-state index contributed by atoms with van der Waals surface area (Å²) in [7, 11) is 0. The van der Waals surface area contributed by atoms with Crippen molar-refractivity contribution in [1.82, 2.24) is 4.90 Å². The van der Waals surface area contributed by atoms with E-state index in [0.29, 0.717) is 26.2 Å². The van der Waals surface area contributed by atoms with E-state index in [9.17, 15) is 14.7 Å². The second-order valence-electron chi connectivity index (χ2n) is 13.7. The number of ether oxygens (including phenoxy) is 3. The molecular formula is C41H79NO6. The van der Waals surface area contributed by atoms with Crippen LogP contribution in [-0.4, -0.2) is 67.7 Å². The van der Waals surface area contributed by atoms with Gasteiger partial charge in [0.1, 0.15) is 6.10 Å². The third kappa shape index (κ3) is 34.3. The molecule has 0 aromatic heterocycles. The molecule has 0 unspecified atom stereocenters. The molecule has 0 aliphatic rings. The second kappa shape index (κ2) is 38.2. The molecule has 0 aliphatic heterocycles. The molecule has 0 rings (SSSR count). The summed E-state index contributed by atoms with van der Waals surface area (Å²) in [4.78, 5) is 26.7. The molecule has 0 amide bonds. The number of rotatable bonds is 37. The summed E-state index contributed by atoms with van der Waals surface area (Å²) < 4.78 is 16.3. The Morgan fingerprint density at radius 1 is 0.562 bits per heavy atom. The molecule has 7 heteroatoms. The highest BCUT2D eigenvalue weighted by Gasteiger charge is 2.14. The molecule has 0 saturated carbocycles. The van der Waals surface area contributed by atoms with Gasteiger partial charge in [0.25, 0.3) is 0 Å². The molecule has 0 spiro atoms. The number of aliphatic hydroxyl groups is 1. The summed E-state index contributed by atoms with van der Waals surface area (Å²) in [5.41, 5.74) is 0. The van der Waals surface area contributed by atoms with Crippen molar-refractivity contribution >= 4 is 12.1 Å². The monoisotopic (exact) mass is 682 g/mol. The fourth-order valence-electron chi connectivity index (χ4n) is 6.02. The molecule has 0 atom stereocenters. The number of hydrogen-bond donors (Lipinski definition) is 1. The van der Waals surface area contributed by atoms with E-state index in [-0.39, 0.29) is 18.7 Å². The van der Waals surface area contributed by atoms with E-state index in [1.807, 2.05) is 0 Å². The molecule has 0 bridgehead atoms. The van der Waals surface area contributed by atoms with Crippen LogP contribution in [0.15, 0.2) is 12.2 Å². The topological polar surface area (TPSA) is 85.3 Å². The van der Waals surface area contributed by atoms with E-state index < -0.39 is 6.16 Å². The van der Waals surface area contributed by atoms with Crippen LogP contribution in [0.3, 0.4) is 0 Å². The molecular weight excluding hydrogens is 602 g/mol. The van der Waals surface area contributed by atoms with Crippen LogP contribution in [0.5, 0.6) is 0 Å². The van der Waals surface area contributed by atoms with E-state index in [1.165, 1.54) is 96.3 Å². The van der Waals surface area contributed by atoms with Crippen molar-refractivity contribution in [2.45, 2.75) is 200 Å². The first-order valence-electron chi connectivity index (χ1n) is 20.5. The van der Waals surface area contributed by atoms with Crippen molar-refractivity contribution in [2.24, 2.45) is 0 Å². The first kappa shape index (κ1) is 46.4. The lowest BCUT2D eigenvalue weighted by Crippen LogP contribution is -2.29. The summed E-state index contributed by atoms with van der Waals surface area (Å²) >= 11 is 0. The predicted molar refractivity (Wildman–Crippen MR) is 202 cm³/mol. The zero-order chi connectivity index (χ0) is 35.2. The number of carbonyl (C=O) groups is 2. The average molecular weight is 682 g/mol. The fourth-order valence-corrected chi connectivity index (χ4v) is 6.02. The van der Waals surface area contributed by atoms with Crippen molar-refractivity contribution in [3.05, 3.63) is 12.2 Å². The van der Waals surface area contributed by atoms with Crippen molar-refractivity contribution in [3.8, 4) is 0 Å². The summed E-state index contributed by atoms with van der Waals surface area (Å²) in [5.74, 6) is -0.00588. The molecule has 0 fully saturated rings. The fraction of sp³-hybridized carbons (Fsp3) is 0.902. The molecule has 0 radical (unpaired) electrons. The van der Waals surface area contributed by atoms with Crippen molar-refractivity contribution in [3.63, 3.8) is 0 Å². The second-order valence-corrected chi connectivity index (χ2v) is 13.7. The minimum Gasteiger partial charge on any atom is -0.462 e. The smallest absolute Gasteiger partial charge is 0.462 e. The van der Waals surface area contributed by atoms with Gasteiger partial charge in [-0.05, 0) is 83.7 Å². The molecule has 0 saturated heterocycles. The highest BCUT2D eigenvalue weighted by molar-refractivity contribution is 5.69. The summed E-state index contributed by atoms with van der Waals surface area (Å²) in [5, 5.41) is 9.48. The summed E-state index contributed by atoms with van der Waals surface area (Å²) in [6.45, 7) is 10.1. The van der Waals surface area contributed by atoms with Gasteiger partial charge in [0.05, 0.1) is 19.8 Å². The maximum atomic E-state index is 12.7. The van der Waals surface area contributed by atoms with Gasteiger partial charge in [0.15, 0.2) is 0 Å². The van der Waals surface area contributed by atoms with Crippen LogP contribution >= 0.6 is 0 Å². The maximum absolute atomic E-state index is 12.7. The van der Waals surface area contributed by atoms with Crippen LogP contribution in [0.2, 0.25) is 0 Å². The van der Waals surface area contributed by atoms with Crippen LogP contribution in [0.25, 0.3) is 0 Å². The molecule has 48 heavy (non-hydrogen) atoms. The molecule has 0 aromatic carbocycles. The van der Waals surface area contributed by atoms with E-state index in [2.05, 4.69) is 37.8 Å². The number of nitrogens with zero attached hydrogens (tertiary/aromatic N) is 1. The van der Waals surface area contributed by atoms with Crippen LogP contribution < -0.4 is 0 Å². The molecule has 0 aromatic rings.